The zero-order chi connectivity index (χ0) is 14.8. The predicted molar refractivity (Wildman–Crippen MR) is 78.4 cm³/mol. The van der Waals surface area contributed by atoms with E-state index in [0.29, 0.717) is 41.7 Å². The Morgan fingerprint density at radius 2 is 2.05 bits per heavy atom. The van der Waals surface area contributed by atoms with Crippen molar-refractivity contribution in [1.82, 2.24) is 4.90 Å². The quantitative estimate of drug-likeness (QED) is 0.932. The lowest BCUT2D eigenvalue weighted by molar-refractivity contribution is -0.137. The molecular formula is C14H17Cl2NO3. The minimum Gasteiger partial charge on any atom is -0.482 e. The molecule has 1 amide bonds. The van der Waals surface area contributed by atoms with Gasteiger partial charge in [0.2, 0.25) is 0 Å². The van der Waals surface area contributed by atoms with Crippen LogP contribution in [0.3, 0.4) is 0 Å². The van der Waals surface area contributed by atoms with Gasteiger partial charge in [0.05, 0.1) is 10.6 Å². The van der Waals surface area contributed by atoms with Crippen LogP contribution in [-0.2, 0) is 4.79 Å². The average molecular weight is 318 g/mol. The third-order valence-electron chi connectivity index (χ3n) is 3.44. The second kappa shape index (κ2) is 6.20. The van der Waals surface area contributed by atoms with E-state index < -0.39 is 5.60 Å². The summed E-state index contributed by atoms with van der Waals surface area (Å²) in [7, 11) is 0. The molecule has 1 heterocycles. The van der Waals surface area contributed by atoms with E-state index in [9.17, 15) is 9.90 Å². The van der Waals surface area contributed by atoms with Gasteiger partial charge in [0.15, 0.2) is 6.61 Å². The number of piperidine rings is 1. The average Bonchev–Trinajstić information content (AvgIpc) is 2.39. The SMILES string of the molecule is CC1(O)CCN(C(=O)COc2cc(Cl)ccc2Cl)CC1. The molecule has 110 valence electrons. The number of ether oxygens (including phenoxy) is 1. The summed E-state index contributed by atoms with van der Waals surface area (Å²) in [6.07, 6.45) is 1.16. The van der Waals surface area contributed by atoms with Crippen molar-refractivity contribution in [2.24, 2.45) is 0 Å². The first kappa shape index (κ1) is 15.4. The number of hydrogen-bond acceptors (Lipinski definition) is 3. The fraction of sp³-hybridized carbons (Fsp3) is 0.500. The Hall–Kier alpha value is -0.970. The van der Waals surface area contributed by atoms with Crippen molar-refractivity contribution in [3.63, 3.8) is 0 Å². The van der Waals surface area contributed by atoms with Crippen molar-refractivity contribution < 1.29 is 14.6 Å². The third-order valence-corrected chi connectivity index (χ3v) is 3.99. The van der Waals surface area contributed by atoms with E-state index in [0.717, 1.165) is 0 Å². The van der Waals surface area contributed by atoms with Gasteiger partial charge >= 0.3 is 0 Å². The van der Waals surface area contributed by atoms with Crippen LogP contribution in [0.25, 0.3) is 0 Å². The molecule has 6 heteroatoms. The van der Waals surface area contributed by atoms with Gasteiger partial charge < -0.3 is 14.7 Å². The number of halogens is 2. The summed E-state index contributed by atoms with van der Waals surface area (Å²) in [6, 6.07) is 4.87. The number of carbonyl (C=O) groups is 1. The second-order valence-electron chi connectivity index (χ2n) is 5.24. The number of aliphatic hydroxyl groups is 1. The van der Waals surface area contributed by atoms with Crippen molar-refractivity contribution in [2.45, 2.75) is 25.4 Å². The van der Waals surface area contributed by atoms with Crippen LogP contribution in [0.4, 0.5) is 0 Å². The van der Waals surface area contributed by atoms with Crippen molar-refractivity contribution >= 4 is 29.1 Å². The van der Waals surface area contributed by atoms with Gasteiger partial charge in [0.1, 0.15) is 5.75 Å². The molecule has 1 fully saturated rings. The van der Waals surface area contributed by atoms with Crippen LogP contribution in [0.15, 0.2) is 18.2 Å². The predicted octanol–water partition coefficient (Wildman–Crippen LogP) is 2.75. The zero-order valence-corrected chi connectivity index (χ0v) is 12.7. The Morgan fingerprint density at radius 3 is 2.70 bits per heavy atom. The topological polar surface area (TPSA) is 49.8 Å². The van der Waals surface area contributed by atoms with Gasteiger partial charge in [-0.25, -0.2) is 0 Å². The van der Waals surface area contributed by atoms with E-state index >= 15 is 0 Å². The normalized spacial score (nSPS) is 17.9. The van der Waals surface area contributed by atoms with Crippen LogP contribution in [0.2, 0.25) is 10.0 Å². The Kier molecular flexibility index (Phi) is 4.78. The van der Waals surface area contributed by atoms with E-state index in [1.807, 2.05) is 0 Å². The molecule has 4 nitrogen and oxygen atoms in total. The van der Waals surface area contributed by atoms with Crippen molar-refractivity contribution in [1.29, 1.82) is 0 Å². The Morgan fingerprint density at radius 1 is 1.40 bits per heavy atom. The van der Waals surface area contributed by atoms with Crippen molar-refractivity contribution in [3.8, 4) is 5.75 Å². The fourth-order valence-electron chi connectivity index (χ4n) is 2.06. The van der Waals surface area contributed by atoms with Gasteiger partial charge in [-0.3, -0.25) is 4.79 Å². The smallest absolute Gasteiger partial charge is 0.260 e. The van der Waals surface area contributed by atoms with Gasteiger partial charge in [0, 0.05) is 24.2 Å². The van der Waals surface area contributed by atoms with Gasteiger partial charge in [0.25, 0.3) is 5.91 Å². The summed E-state index contributed by atoms with van der Waals surface area (Å²) in [5, 5.41) is 10.8. The highest BCUT2D eigenvalue weighted by atomic mass is 35.5. The van der Waals surface area contributed by atoms with Crippen LogP contribution in [-0.4, -0.2) is 41.2 Å². The molecule has 1 aromatic rings. The van der Waals surface area contributed by atoms with Crippen LogP contribution in [0.1, 0.15) is 19.8 Å². The standard InChI is InChI=1S/C14H17Cl2NO3/c1-14(19)4-6-17(7-5-14)13(18)9-20-12-8-10(15)2-3-11(12)16/h2-3,8,19H,4-7,9H2,1H3. The van der Waals surface area contributed by atoms with Crippen molar-refractivity contribution in [3.05, 3.63) is 28.2 Å². The van der Waals surface area contributed by atoms with E-state index in [1.54, 1.807) is 30.0 Å². The van der Waals surface area contributed by atoms with E-state index in [2.05, 4.69) is 0 Å². The van der Waals surface area contributed by atoms with E-state index in [1.165, 1.54) is 0 Å². The maximum absolute atomic E-state index is 12.0. The molecule has 0 saturated carbocycles. The molecule has 1 aliphatic rings. The third kappa shape index (κ3) is 4.01. The largest absolute Gasteiger partial charge is 0.482 e. The molecule has 0 bridgehead atoms. The fourth-order valence-corrected chi connectivity index (χ4v) is 2.39. The van der Waals surface area contributed by atoms with Crippen LogP contribution >= 0.6 is 23.2 Å². The molecular weight excluding hydrogens is 301 g/mol. The van der Waals surface area contributed by atoms with Crippen LogP contribution in [0.5, 0.6) is 5.75 Å². The number of nitrogens with zero attached hydrogens (tertiary/aromatic N) is 1. The highest BCUT2D eigenvalue weighted by molar-refractivity contribution is 6.34. The molecule has 0 aliphatic carbocycles. The Balaban J connectivity index is 1.88. The Bertz CT molecular complexity index is 495. The zero-order valence-electron chi connectivity index (χ0n) is 11.2. The lowest BCUT2D eigenvalue weighted by atomic mass is 9.94. The summed E-state index contributed by atoms with van der Waals surface area (Å²) in [5.74, 6) is 0.285. The molecule has 20 heavy (non-hydrogen) atoms. The van der Waals surface area contributed by atoms with Gasteiger partial charge in [-0.15, -0.1) is 0 Å². The number of likely N-dealkylation sites (tertiary alicyclic amines) is 1. The molecule has 1 aliphatic heterocycles. The first-order valence-electron chi connectivity index (χ1n) is 6.45. The number of amides is 1. The number of carbonyl (C=O) groups excluding carboxylic acids is 1. The molecule has 0 aromatic heterocycles. The first-order chi connectivity index (χ1) is 9.37. The van der Waals surface area contributed by atoms with Crippen molar-refractivity contribution in [2.75, 3.05) is 19.7 Å². The summed E-state index contributed by atoms with van der Waals surface area (Å²) < 4.78 is 5.41. The number of hydrogen-bond donors (Lipinski definition) is 1. The number of rotatable bonds is 3. The monoisotopic (exact) mass is 317 g/mol. The van der Waals surface area contributed by atoms with E-state index in [4.69, 9.17) is 27.9 Å². The molecule has 2 rings (SSSR count). The lowest BCUT2D eigenvalue weighted by Crippen LogP contribution is -2.46. The van der Waals surface area contributed by atoms with Crippen LogP contribution in [0, 0.1) is 0 Å². The molecule has 1 N–H and O–H groups in total. The van der Waals surface area contributed by atoms with E-state index in [-0.39, 0.29) is 12.5 Å². The molecule has 0 spiro atoms. The summed E-state index contributed by atoms with van der Waals surface area (Å²) >= 11 is 11.8. The first-order valence-corrected chi connectivity index (χ1v) is 7.21. The minimum atomic E-state index is -0.673. The molecule has 1 saturated heterocycles. The minimum absolute atomic E-state index is 0.0811. The summed E-state index contributed by atoms with van der Waals surface area (Å²) in [6.45, 7) is 2.79. The molecule has 0 atom stereocenters. The van der Waals surface area contributed by atoms with Gasteiger partial charge in [-0.2, -0.15) is 0 Å². The summed E-state index contributed by atoms with van der Waals surface area (Å²) in [5.41, 5.74) is -0.673. The van der Waals surface area contributed by atoms with Crippen LogP contribution < -0.4 is 4.74 Å². The maximum atomic E-state index is 12.0. The lowest BCUT2D eigenvalue weighted by Gasteiger charge is -2.35. The molecule has 0 unspecified atom stereocenters. The Labute approximate surface area is 128 Å². The molecule has 0 radical (unpaired) electrons. The summed E-state index contributed by atoms with van der Waals surface area (Å²) in [4.78, 5) is 13.7. The van der Waals surface area contributed by atoms with Gasteiger partial charge in [-0.1, -0.05) is 23.2 Å². The van der Waals surface area contributed by atoms with Gasteiger partial charge in [-0.05, 0) is 31.9 Å². The maximum Gasteiger partial charge on any atom is 0.260 e. The number of benzene rings is 1. The highest BCUT2D eigenvalue weighted by Crippen LogP contribution is 2.28. The second-order valence-corrected chi connectivity index (χ2v) is 6.08. The highest BCUT2D eigenvalue weighted by Gasteiger charge is 2.29. The molecule has 1 aromatic carbocycles.